The van der Waals surface area contributed by atoms with Gasteiger partial charge in [-0.1, -0.05) is 42.5 Å². The maximum absolute atomic E-state index is 9.94. The number of hydrogen-bond acceptors (Lipinski definition) is 4. The molecule has 25 heavy (non-hydrogen) atoms. The smallest absolute Gasteiger partial charge is 0.125 e. The first-order chi connectivity index (χ1) is 12.2. The SMILES string of the molecule is Cc1cc([C@H](CO)N2CCNCC2)cc(C)c1OCc1ccccc1. The monoisotopic (exact) mass is 340 g/mol. The van der Waals surface area contributed by atoms with E-state index in [1.165, 1.54) is 11.1 Å². The van der Waals surface area contributed by atoms with E-state index in [0.717, 1.165) is 43.1 Å². The van der Waals surface area contributed by atoms with Crippen molar-refractivity contribution < 1.29 is 9.84 Å². The second-order valence-corrected chi connectivity index (χ2v) is 6.74. The van der Waals surface area contributed by atoms with E-state index in [-0.39, 0.29) is 12.6 Å². The van der Waals surface area contributed by atoms with Crippen molar-refractivity contribution >= 4 is 0 Å². The number of nitrogens with zero attached hydrogens (tertiary/aromatic N) is 1. The minimum Gasteiger partial charge on any atom is -0.488 e. The molecule has 1 aliphatic rings. The molecule has 4 nitrogen and oxygen atoms in total. The van der Waals surface area contributed by atoms with Crippen LogP contribution in [-0.2, 0) is 6.61 Å². The molecule has 0 spiro atoms. The van der Waals surface area contributed by atoms with E-state index >= 15 is 0 Å². The molecule has 1 aliphatic heterocycles. The number of nitrogens with one attached hydrogen (secondary N) is 1. The Kier molecular flexibility index (Phi) is 6.08. The Bertz CT molecular complexity index is 659. The highest BCUT2D eigenvalue weighted by Gasteiger charge is 2.22. The lowest BCUT2D eigenvalue weighted by Crippen LogP contribution is -2.46. The fourth-order valence-corrected chi connectivity index (χ4v) is 3.56. The van der Waals surface area contributed by atoms with Crippen molar-refractivity contribution in [2.24, 2.45) is 0 Å². The third-order valence-corrected chi connectivity index (χ3v) is 4.86. The molecular weight excluding hydrogens is 312 g/mol. The number of rotatable bonds is 6. The lowest BCUT2D eigenvalue weighted by Gasteiger charge is -2.34. The Morgan fingerprint density at radius 1 is 1.08 bits per heavy atom. The summed E-state index contributed by atoms with van der Waals surface area (Å²) in [6, 6.07) is 14.6. The van der Waals surface area contributed by atoms with Crippen molar-refractivity contribution in [3.8, 4) is 5.75 Å². The summed E-state index contributed by atoms with van der Waals surface area (Å²) in [7, 11) is 0. The van der Waals surface area contributed by atoms with E-state index in [2.05, 4.69) is 48.3 Å². The fraction of sp³-hybridized carbons (Fsp3) is 0.429. The van der Waals surface area contributed by atoms with Crippen LogP contribution in [0.5, 0.6) is 5.75 Å². The second-order valence-electron chi connectivity index (χ2n) is 6.74. The van der Waals surface area contributed by atoms with Gasteiger partial charge in [0.15, 0.2) is 0 Å². The van der Waals surface area contributed by atoms with Crippen molar-refractivity contribution in [1.29, 1.82) is 0 Å². The third-order valence-electron chi connectivity index (χ3n) is 4.86. The minimum absolute atomic E-state index is 0.0580. The molecule has 0 unspecified atom stereocenters. The van der Waals surface area contributed by atoms with Gasteiger partial charge >= 0.3 is 0 Å². The molecule has 2 aromatic rings. The average molecular weight is 340 g/mol. The Morgan fingerprint density at radius 2 is 1.72 bits per heavy atom. The molecule has 1 atom stereocenters. The van der Waals surface area contributed by atoms with E-state index in [0.29, 0.717) is 6.61 Å². The topological polar surface area (TPSA) is 44.7 Å². The van der Waals surface area contributed by atoms with Crippen molar-refractivity contribution in [2.45, 2.75) is 26.5 Å². The molecule has 0 radical (unpaired) electrons. The van der Waals surface area contributed by atoms with E-state index < -0.39 is 0 Å². The van der Waals surface area contributed by atoms with Crippen LogP contribution in [0.1, 0.15) is 28.3 Å². The normalized spacial score (nSPS) is 16.6. The predicted octanol–water partition coefficient (Wildman–Crippen LogP) is 2.82. The van der Waals surface area contributed by atoms with Crippen LogP contribution in [0.3, 0.4) is 0 Å². The molecule has 1 fully saturated rings. The molecular formula is C21H28N2O2. The van der Waals surface area contributed by atoms with Crippen LogP contribution >= 0.6 is 0 Å². The van der Waals surface area contributed by atoms with Gasteiger partial charge in [-0.05, 0) is 36.1 Å². The number of aliphatic hydroxyl groups excluding tert-OH is 1. The number of ether oxygens (including phenoxy) is 1. The first-order valence-electron chi connectivity index (χ1n) is 9.02. The molecule has 134 valence electrons. The Labute approximate surface area is 150 Å². The zero-order valence-corrected chi connectivity index (χ0v) is 15.2. The average Bonchev–Trinajstić information content (AvgIpc) is 2.63. The summed E-state index contributed by atoms with van der Waals surface area (Å²) in [6.07, 6.45) is 0. The molecule has 4 heteroatoms. The standard InChI is InChI=1S/C21H28N2O2/c1-16-12-19(20(14-24)23-10-8-22-9-11-23)13-17(2)21(16)25-15-18-6-4-3-5-7-18/h3-7,12-13,20,22,24H,8-11,14-15H2,1-2H3/t20-/m0/s1. The van der Waals surface area contributed by atoms with Crippen LogP contribution in [0.4, 0.5) is 0 Å². The number of benzene rings is 2. The molecule has 0 aromatic heterocycles. The van der Waals surface area contributed by atoms with Gasteiger partial charge in [-0.25, -0.2) is 0 Å². The van der Waals surface area contributed by atoms with Gasteiger partial charge in [-0.2, -0.15) is 0 Å². The molecule has 0 saturated carbocycles. The summed E-state index contributed by atoms with van der Waals surface area (Å²) in [5.74, 6) is 0.949. The quantitative estimate of drug-likeness (QED) is 0.849. The summed E-state index contributed by atoms with van der Waals surface area (Å²) in [6.45, 7) is 8.78. The minimum atomic E-state index is 0.0580. The summed E-state index contributed by atoms with van der Waals surface area (Å²) < 4.78 is 6.08. The van der Waals surface area contributed by atoms with Gasteiger partial charge < -0.3 is 15.2 Å². The van der Waals surface area contributed by atoms with Crippen LogP contribution in [0, 0.1) is 13.8 Å². The fourth-order valence-electron chi connectivity index (χ4n) is 3.56. The van der Waals surface area contributed by atoms with E-state index in [1.807, 2.05) is 18.2 Å². The van der Waals surface area contributed by atoms with Gasteiger partial charge in [-0.15, -0.1) is 0 Å². The van der Waals surface area contributed by atoms with Gasteiger partial charge in [0.2, 0.25) is 0 Å². The van der Waals surface area contributed by atoms with Crippen LogP contribution in [0.25, 0.3) is 0 Å². The van der Waals surface area contributed by atoms with Crippen LogP contribution in [0.15, 0.2) is 42.5 Å². The molecule has 1 saturated heterocycles. The zero-order chi connectivity index (χ0) is 17.6. The van der Waals surface area contributed by atoms with Gasteiger partial charge in [0, 0.05) is 26.2 Å². The number of hydrogen-bond donors (Lipinski definition) is 2. The van der Waals surface area contributed by atoms with Crippen LogP contribution < -0.4 is 10.1 Å². The first-order valence-corrected chi connectivity index (χ1v) is 9.02. The van der Waals surface area contributed by atoms with Gasteiger partial charge in [0.05, 0.1) is 12.6 Å². The molecule has 2 aromatic carbocycles. The van der Waals surface area contributed by atoms with Crippen molar-refractivity contribution in [3.63, 3.8) is 0 Å². The zero-order valence-electron chi connectivity index (χ0n) is 15.2. The van der Waals surface area contributed by atoms with Crippen LogP contribution in [-0.4, -0.2) is 42.8 Å². The highest BCUT2D eigenvalue weighted by Crippen LogP contribution is 2.30. The Balaban J connectivity index is 1.76. The molecule has 3 rings (SSSR count). The van der Waals surface area contributed by atoms with Gasteiger partial charge in [0.1, 0.15) is 12.4 Å². The summed E-state index contributed by atoms with van der Waals surface area (Å²) >= 11 is 0. The van der Waals surface area contributed by atoms with Crippen LogP contribution in [0.2, 0.25) is 0 Å². The summed E-state index contributed by atoms with van der Waals surface area (Å²) in [5.41, 5.74) is 4.59. The molecule has 0 aliphatic carbocycles. The number of aryl methyl sites for hydroxylation is 2. The Hall–Kier alpha value is -1.88. The molecule has 2 N–H and O–H groups in total. The van der Waals surface area contributed by atoms with Crippen molar-refractivity contribution in [3.05, 3.63) is 64.7 Å². The molecule has 0 amide bonds. The Morgan fingerprint density at radius 3 is 2.32 bits per heavy atom. The summed E-state index contributed by atoms with van der Waals surface area (Å²) in [4.78, 5) is 2.36. The van der Waals surface area contributed by atoms with Gasteiger partial charge in [-0.3, -0.25) is 4.90 Å². The first kappa shape index (κ1) is 17.9. The number of piperazine rings is 1. The lowest BCUT2D eigenvalue weighted by atomic mass is 9.99. The van der Waals surface area contributed by atoms with E-state index in [4.69, 9.17) is 4.74 Å². The van der Waals surface area contributed by atoms with E-state index in [9.17, 15) is 5.11 Å². The lowest BCUT2D eigenvalue weighted by molar-refractivity contribution is 0.110. The van der Waals surface area contributed by atoms with Gasteiger partial charge in [0.25, 0.3) is 0 Å². The molecule has 1 heterocycles. The predicted molar refractivity (Wildman–Crippen MR) is 101 cm³/mol. The maximum atomic E-state index is 9.94. The molecule has 0 bridgehead atoms. The van der Waals surface area contributed by atoms with E-state index in [1.54, 1.807) is 0 Å². The maximum Gasteiger partial charge on any atom is 0.125 e. The third kappa shape index (κ3) is 4.40. The largest absolute Gasteiger partial charge is 0.488 e. The second kappa shape index (κ2) is 8.48. The van der Waals surface area contributed by atoms with Crippen molar-refractivity contribution in [1.82, 2.24) is 10.2 Å². The highest BCUT2D eigenvalue weighted by atomic mass is 16.5. The summed E-state index contributed by atoms with van der Waals surface area (Å²) in [5, 5.41) is 13.3. The number of aliphatic hydroxyl groups is 1. The highest BCUT2D eigenvalue weighted by molar-refractivity contribution is 5.44. The van der Waals surface area contributed by atoms with Crippen molar-refractivity contribution in [2.75, 3.05) is 32.8 Å².